The van der Waals surface area contributed by atoms with Crippen LogP contribution < -0.4 is 0 Å². The van der Waals surface area contributed by atoms with Crippen molar-refractivity contribution in [1.29, 1.82) is 0 Å². The molecule has 9 nitrogen and oxygen atoms in total. The van der Waals surface area contributed by atoms with Crippen LogP contribution in [-0.2, 0) is 32.7 Å². The fourth-order valence-corrected chi connectivity index (χ4v) is 7.39. The molecule has 0 radical (unpaired) electrons. The molecule has 0 aliphatic heterocycles. The van der Waals surface area contributed by atoms with Crippen molar-refractivity contribution < 1.29 is 42.1 Å². The Labute approximate surface area is 358 Å². The average Bonchev–Trinajstić information content (AvgIpc) is 3.17. The second-order valence-corrected chi connectivity index (χ2v) is 18.9. The number of esters is 2. The van der Waals surface area contributed by atoms with Gasteiger partial charge < -0.3 is 18.9 Å². The highest BCUT2D eigenvalue weighted by Crippen LogP contribution is 2.43. The summed E-state index contributed by atoms with van der Waals surface area (Å²) in [6.45, 7) is 4.43. The molecule has 0 heterocycles. The number of phosphoric acid groups is 1. The van der Waals surface area contributed by atoms with E-state index >= 15 is 0 Å². The number of ether oxygens (including phenoxy) is 2. The van der Waals surface area contributed by atoms with Crippen molar-refractivity contribution in [2.75, 3.05) is 47.5 Å². The summed E-state index contributed by atoms with van der Waals surface area (Å²) in [5, 5.41) is 0. The van der Waals surface area contributed by atoms with Crippen molar-refractivity contribution in [2.24, 2.45) is 0 Å². The highest BCUT2D eigenvalue weighted by Gasteiger charge is 2.27. The van der Waals surface area contributed by atoms with E-state index in [2.05, 4.69) is 38.2 Å². The van der Waals surface area contributed by atoms with E-state index in [-0.39, 0.29) is 32.0 Å². The van der Waals surface area contributed by atoms with Gasteiger partial charge in [-0.2, -0.15) is 0 Å². The first kappa shape index (κ1) is 56.5. The highest BCUT2D eigenvalue weighted by atomic mass is 31.2. The monoisotopic (exact) mass is 843 g/mol. The summed E-state index contributed by atoms with van der Waals surface area (Å²) in [6.07, 6.45) is 45.0. The number of hydrogen-bond acceptors (Lipinski definition) is 7. The lowest BCUT2D eigenvalue weighted by Gasteiger charge is -2.24. The molecule has 0 aromatic carbocycles. The quantitative estimate of drug-likeness (QED) is 0.0212. The molecule has 0 aliphatic rings. The predicted molar refractivity (Wildman–Crippen MR) is 243 cm³/mol. The van der Waals surface area contributed by atoms with E-state index < -0.39 is 26.5 Å². The van der Waals surface area contributed by atoms with Crippen molar-refractivity contribution in [3.8, 4) is 0 Å². The Hall–Kier alpha value is -1.51. The molecule has 0 aromatic rings. The molecular weight excluding hydrogens is 750 g/mol. The van der Waals surface area contributed by atoms with E-state index in [4.69, 9.17) is 18.5 Å². The Morgan fingerprint density at radius 1 is 0.517 bits per heavy atom. The Kier molecular flexibility index (Phi) is 39.8. The Bertz CT molecular complexity index is 1040. The smallest absolute Gasteiger partial charge is 0.462 e. The number of likely N-dealkylation sites (N-methyl/N-ethyl adjacent to an activating group) is 1. The molecule has 1 N–H and O–H groups in total. The zero-order valence-corrected chi connectivity index (χ0v) is 39.4. The van der Waals surface area contributed by atoms with Gasteiger partial charge in [0.05, 0.1) is 27.7 Å². The lowest BCUT2D eigenvalue weighted by Crippen LogP contribution is -2.37. The van der Waals surface area contributed by atoms with Crippen molar-refractivity contribution >= 4 is 19.8 Å². The van der Waals surface area contributed by atoms with Crippen LogP contribution in [0.4, 0.5) is 0 Å². The number of hydrogen-bond donors (Lipinski definition) is 1. The fraction of sp³-hybridized carbons (Fsp3) is 0.875. The molecule has 10 heteroatoms. The zero-order valence-electron chi connectivity index (χ0n) is 38.5. The fourth-order valence-electron chi connectivity index (χ4n) is 6.65. The second kappa shape index (κ2) is 40.9. The van der Waals surface area contributed by atoms with Crippen LogP contribution in [0, 0.1) is 0 Å². The first-order chi connectivity index (χ1) is 28.0. The number of nitrogens with zero attached hydrogens (tertiary/aromatic N) is 1. The number of allylic oxidation sites excluding steroid dienone is 4. The minimum atomic E-state index is -4.38. The molecule has 0 spiro atoms. The van der Waals surface area contributed by atoms with Gasteiger partial charge >= 0.3 is 19.8 Å². The van der Waals surface area contributed by atoms with E-state index in [0.29, 0.717) is 17.4 Å². The van der Waals surface area contributed by atoms with Crippen LogP contribution in [0.5, 0.6) is 0 Å². The maximum absolute atomic E-state index is 12.7. The third-order valence-corrected chi connectivity index (χ3v) is 11.4. The van der Waals surface area contributed by atoms with E-state index in [0.717, 1.165) is 44.9 Å². The topological polar surface area (TPSA) is 108 Å². The summed E-state index contributed by atoms with van der Waals surface area (Å²) in [5.41, 5.74) is 0. The molecular formula is C48H93NO8P+. The van der Waals surface area contributed by atoms with Crippen molar-refractivity contribution in [2.45, 2.75) is 225 Å². The minimum Gasteiger partial charge on any atom is -0.462 e. The first-order valence-electron chi connectivity index (χ1n) is 24.1. The summed E-state index contributed by atoms with van der Waals surface area (Å²) in [5.74, 6) is -0.801. The second-order valence-electron chi connectivity index (χ2n) is 17.5. The molecule has 342 valence electrons. The minimum absolute atomic E-state index is 0.0315. The number of carbonyl (C=O) groups is 2. The van der Waals surface area contributed by atoms with Crippen LogP contribution in [0.1, 0.15) is 219 Å². The zero-order chi connectivity index (χ0) is 42.8. The van der Waals surface area contributed by atoms with Gasteiger partial charge in [0.15, 0.2) is 6.10 Å². The van der Waals surface area contributed by atoms with E-state index in [1.165, 1.54) is 141 Å². The van der Waals surface area contributed by atoms with Crippen LogP contribution in [0.25, 0.3) is 0 Å². The van der Waals surface area contributed by atoms with Crippen LogP contribution in [-0.4, -0.2) is 74.9 Å². The number of carbonyl (C=O) groups excluding carboxylic acids is 2. The van der Waals surface area contributed by atoms with Gasteiger partial charge in [-0.3, -0.25) is 18.6 Å². The molecule has 0 aromatic heterocycles. The summed E-state index contributed by atoms with van der Waals surface area (Å²) in [7, 11) is 1.48. The van der Waals surface area contributed by atoms with E-state index in [1.54, 1.807) is 0 Å². The Morgan fingerprint density at radius 3 is 1.28 bits per heavy atom. The van der Waals surface area contributed by atoms with Crippen molar-refractivity contribution in [3.05, 3.63) is 24.3 Å². The largest absolute Gasteiger partial charge is 0.472 e. The van der Waals surface area contributed by atoms with Crippen LogP contribution in [0.15, 0.2) is 24.3 Å². The lowest BCUT2D eigenvalue weighted by atomic mass is 10.1. The van der Waals surface area contributed by atoms with Gasteiger partial charge in [0, 0.05) is 12.8 Å². The van der Waals surface area contributed by atoms with E-state index in [1.807, 2.05) is 21.1 Å². The highest BCUT2D eigenvalue weighted by molar-refractivity contribution is 7.47. The SMILES string of the molecule is CCCCCCCC/C=C\CCCCCCCCCC(=O)OCC(COP(=O)(O)OCC[N+](C)(C)C)OC(=O)CCCCCCCCC/C=C\CCCCCCCC. The first-order valence-corrected chi connectivity index (χ1v) is 25.6. The number of quaternary nitrogens is 1. The standard InChI is InChI=1S/C48H92NO8P/c1-6-8-10-12-14-16-18-20-22-24-26-28-30-32-34-36-38-40-47(50)54-44-46(45-56-58(52,53)55-43-42-49(3,4)5)57-48(51)41-39-37-35-33-31-29-27-25-23-21-19-17-15-13-11-9-7-2/h20-23,46H,6-19,24-45H2,1-5H3/p+1/b22-20-,23-21-. The van der Waals surface area contributed by atoms with Gasteiger partial charge in [-0.15, -0.1) is 0 Å². The van der Waals surface area contributed by atoms with E-state index in [9.17, 15) is 19.0 Å². The van der Waals surface area contributed by atoms with Crippen molar-refractivity contribution in [3.63, 3.8) is 0 Å². The van der Waals surface area contributed by atoms with Crippen LogP contribution >= 0.6 is 7.82 Å². The molecule has 0 aliphatic carbocycles. The van der Waals surface area contributed by atoms with Crippen LogP contribution in [0.2, 0.25) is 0 Å². The molecule has 2 atom stereocenters. The maximum atomic E-state index is 12.7. The number of phosphoric ester groups is 1. The summed E-state index contributed by atoms with van der Waals surface area (Å²) in [6, 6.07) is 0. The lowest BCUT2D eigenvalue weighted by molar-refractivity contribution is -0.870. The van der Waals surface area contributed by atoms with Crippen molar-refractivity contribution in [1.82, 2.24) is 0 Å². The molecule has 0 fully saturated rings. The molecule has 0 saturated carbocycles. The Balaban J connectivity index is 4.30. The third kappa shape index (κ3) is 44.1. The molecule has 0 saturated heterocycles. The average molecular weight is 843 g/mol. The molecule has 0 amide bonds. The molecule has 58 heavy (non-hydrogen) atoms. The van der Waals surface area contributed by atoms with Gasteiger partial charge in [0.1, 0.15) is 19.8 Å². The predicted octanol–water partition coefficient (Wildman–Crippen LogP) is 13.9. The van der Waals surface area contributed by atoms with Gasteiger partial charge in [0.2, 0.25) is 0 Å². The van der Waals surface area contributed by atoms with Gasteiger partial charge in [-0.25, -0.2) is 4.57 Å². The number of rotatable bonds is 44. The summed E-state index contributed by atoms with van der Waals surface area (Å²) >= 11 is 0. The normalized spacial score (nSPS) is 13.7. The molecule has 2 unspecified atom stereocenters. The van der Waals surface area contributed by atoms with Gasteiger partial charge in [0.25, 0.3) is 0 Å². The number of unbranched alkanes of at least 4 members (excludes halogenated alkanes) is 26. The van der Waals surface area contributed by atoms with Gasteiger partial charge in [-0.1, -0.05) is 167 Å². The van der Waals surface area contributed by atoms with Gasteiger partial charge in [-0.05, 0) is 64.2 Å². The Morgan fingerprint density at radius 2 is 0.879 bits per heavy atom. The van der Waals surface area contributed by atoms with Crippen LogP contribution in [0.3, 0.4) is 0 Å². The molecule has 0 rings (SSSR count). The summed E-state index contributed by atoms with van der Waals surface area (Å²) < 4.78 is 34.4. The molecule has 0 bridgehead atoms. The summed E-state index contributed by atoms with van der Waals surface area (Å²) in [4.78, 5) is 35.5. The third-order valence-electron chi connectivity index (χ3n) is 10.5. The maximum Gasteiger partial charge on any atom is 0.472 e.